The molecule has 0 amide bonds. The van der Waals surface area contributed by atoms with Crippen LogP contribution in [0.15, 0.2) is 54.9 Å². The molecule has 0 saturated heterocycles. The van der Waals surface area contributed by atoms with Crippen LogP contribution in [0.4, 0.5) is 17.3 Å². The van der Waals surface area contributed by atoms with E-state index in [2.05, 4.69) is 25.6 Å². The van der Waals surface area contributed by atoms with E-state index in [1.54, 1.807) is 49.6 Å². The number of hydrogen-bond donors (Lipinski definition) is 3. The topological polar surface area (TPSA) is 100 Å². The Hall–Kier alpha value is -3.48. The SMILES string of the molecule is Cc1nc(NCc2cccnc2)cc(Nc2ccccc2C(=O)O)n1. The van der Waals surface area contributed by atoms with Crippen molar-refractivity contribution in [2.45, 2.75) is 13.5 Å². The number of aromatic carboxylic acids is 1. The van der Waals surface area contributed by atoms with E-state index >= 15 is 0 Å². The summed E-state index contributed by atoms with van der Waals surface area (Å²) < 4.78 is 0. The van der Waals surface area contributed by atoms with Crippen LogP contribution in [0.5, 0.6) is 0 Å². The Morgan fingerprint density at radius 2 is 1.92 bits per heavy atom. The third-order valence-electron chi connectivity index (χ3n) is 3.45. The number of nitrogens with zero attached hydrogens (tertiary/aromatic N) is 3. The van der Waals surface area contributed by atoms with Gasteiger partial charge in [0, 0.05) is 25.0 Å². The molecule has 0 atom stereocenters. The lowest BCUT2D eigenvalue weighted by Gasteiger charge is -2.11. The molecule has 0 spiro atoms. The Morgan fingerprint density at radius 1 is 1.12 bits per heavy atom. The second-order valence-corrected chi connectivity index (χ2v) is 5.38. The Kier molecular flexibility index (Phi) is 4.84. The Morgan fingerprint density at radius 3 is 2.68 bits per heavy atom. The van der Waals surface area contributed by atoms with Crippen molar-refractivity contribution >= 4 is 23.3 Å². The number of rotatable bonds is 6. The van der Waals surface area contributed by atoms with Crippen molar-refractivity contribution < 1.29 is 9.90 Å². The van der Waals surface area contributed by atoms with Gasteiger partial charge in [-0.15, -0.1) is 0 Å². The van der Waals surface area contributed by atoms with Gasteiger partial charge in [-0.2, -0.15) is 0 Å². The fraction of sp³-hybridized carbons (Fsp3) is 0.111. The summed E-state index contributed by atoms with van der Waals surface area (Å²) in [7, 11) is 0. The van der Waals surface area contributed by atoms with Crippen molar-refractivity contribution in [2.75, 3.05) is 10.6 Å². The minimum Gasteiger partial charge on any atom is -0.478 e. The summed E-state index contributed by atoms with van der Waals surface area (Å²) >= 11 is 0. The monoisotopic (exact) mass is 335 g/mol. The van der Waals surface area contributed by atoms with Crippen molar-refractivity contribution in [1.82, 2.24) is 15.0 Å². The van der Waals surface area contributed by atoms with E-state index in [9.17, 15) is 9.90 Å². The Bertz CT molecular complexity index is 884. The molecular weight excluding hydrogens is 318 g/mol. The summed E-state index contributed by atoms with van der Waals surface area (Å²) in [5.41, 5.74) is 1.69. The molecule has 0 aliphatic carbocycles. The van der Waals surface area contributed by atoms with E-state index in [-0.39, 0.29) is 5.56 Å². The molecule has 7 heteroatoms. The van der Waals surface area contributed by atoms with Gasteiger partial charge in [0.1, 0.15) is 17.5 Å². The molecule has 2 aromatic heterocycles. The number of carboxylic acids is 1. The van der Waals surface area contributed by atoms with Gasteiger partial charge in [0.25, 0.3) is 0 Å². The molecule has 0 fully saturated rings. The van der Waals surface area contributed by atoms with Crippen LogP contribution >= 0.6 is 0 Å². The number of aromatic nitrogens is 3. The van der Waals surface area contributed by atoms with Gasteiger partial charge in [-0.1, -0.05) is 18.2 Å². The molecular formula is C18H17N5O2. The van der Waals surface area contributed by atoms with Crippen molar-refractivity contribution in [1.29, 1.82) is 0 Å². The molecule has 0 aliphatic heterocycles. The smallest absolute Gasteiger partial charge is 0.337 e. The third-order valence-corrected chi connectivity index (χ3v) is 3.45. The van der Waals surface area contributed by atoms with Crippen LogP contribution in [-0.2, 0) is 6.54 Å². The highest BCUT2D eigenvalue weighted by Gasteiger charge is 2.10. The van der Waals surface area contributed by atoms with Crippen LogP contribution in [0.2, 0.25) is 0 Å². The maximum absolute atomic E-state index is 11.3. The number of para-hydroxylation sites is 1. The predicted molar refractivity (Wildman–Crippen MR) is 95.0 cm³/mol. The summed E-state index contributed by atoms with van der Waals surface area (Å²) in [5, 5.41) is 15.5. The fourth-order valence-corrected chi connectivity index (χ4v) is 2.33. The van der Waals surface area contributed by atoms with Gasteiger partial charge >= 0.3 is 5.97 Å². The van der Waals surface area contributed by atoms with Gasteiger partial charge in [0.15, 0.2) is 0 Å². The second kappa shape index (κ2) is 7.39. The molecule has 0 bridgehead atoms. The molecule has 0 unspecified atom stereocenters. The number of carbonyl (C=O) groups is 1. The lowest BCUT2D eigenvalue weighted by atomic mass is 10.2. The highest BCUT2D eigenvalue weighted by molar-refractivity contribution is 5.95. The van der Waals surface area contributed by atoms with E-state index in [1.165, 1.54) is 0 Å². The molecule has 1 aromatic carbocycles. The molecule has 0 radical (unpaired) electrons. The average molecular weight is 335 g/mol. The Labute approximate surface area is 144 Å². The summed E-state index contributed by atoms with van der Waals surface area (Å²) in [6.07, 6.45) is 3.50. The number of pyridine rings is 1. The first-order valence-electron chi connectivity index (χ1n) is 7.69. The standard InChI is InChI=1S/C18H17N5O2/c1-12-21-16(20-11-13-5-4-8-19-10-13)9-17(22-12)23-15-7-3-2-6-14(15)18(24)25/h2-10H,11H2,1H3,(H,24,25)(H2,20,21,22,23). The first-order chi connectivity index (χ1) is 12.1. The number of benzene rings is 1. The number of carboxylic acid groups (broad SMARTS) is 1. The van der Waals surface area contributed by atoms with E-state index in [0.717, 1.165) is 5.56 Å². The molecule has 0 saturated carbocycles. The molecule has 7 nitrogen and oxygen atoms in total. The van der Waals surface area contributed by atoms with Crippen LogP contribution in [0.25, 0.3) is 0 Å². The van der Waals surface area contributed by atoms with E-state index in [4.69, 9.17) is 0 Å². The average Bonchev–Trinajstić information content (AvgIpc) is 2.61. The summed E-state index contributed by atoms with van der Waals surface area (Å²) in [6, 6.07) is 12.3. The van der Waals surface area contributed by atoms with Crippen molar-refractivity contribution in [3.8, 4) is 0 Å². The van der Waals surface area contributed by atoms with E-state index in [0.29, 0.717) is 29.7 Å². The maximum Gasteiger partial charge on any atom is 0.337 e. The van der Waals surface area contributed by atoms with Crippen molar-refractivity contribution in [3.05, 3.63) is 71.8 Å². The quantitative estimate of drug-likeness (QED) is 0.636. The lowest BCUT2D eigenvalue weighted by Crippen LogP contribution is -2.07. The number of nitrogens with one attached hydrogen (secondary N) is 2. The van der Waals surface area contributed by atoms with Crippen LogP contribution in [0, 0.1) is 6.92 Å². The van der Waals surface area contributed by atoms with E-state index < -0.39 is 5.97 Å². The third kappa shape index (κ3) is 4.29. The van der Waals surface area contributed by atoms with Gasteiger partial charge in [-0.05, 0) is 30.7 Å². The van der Waals surface area contributed by atoms with Crippen molar-refractivity contribution in [2.24, 2.45) is 0 Å². The van der Waals surface area contributed by atoms with Crippen LogP contribution in [-0.4, -0.2) is 26.0 Å². The summed E-state index contributed by atoms with van der Waals surface area (Å²) in [6.45, 7) is 2.36. The fourth-order valence-electron chi connectivity index (χ4n) is 2.33. The first kappa shape index (κ1) is 16.4. The molecule has 3 aromatic rings. The Balaban J connectivity index is 1.79. The molecule has 126 valence electrons. The minimum atomic E-state index is -0.996. The van der Waals surface area contributed by atoms with Gasteiger partial charge in [0.2, 0.25) is 0 Å². The van der Waals surface area contributed by atoms with Crippen molar-refractivity contribution in [3.63, 3.8) is 0 Å². The maximum atomic E-state index is 11.3. The molecule has 0 aliphatic rings. The largest absolute Gasteiger partial charge is 0.478 e. The normalized spacial score (nSPS) is 10.3. The molecule has 2 heterocycles. The highest BCUT2D eigenvalue weighted by Crippen LogP contribution is 2.21. The minimum absolute atomic E-state index is 0.184. The lowest BCUT2D eigenvalue weighted by molar-refractivity contribution is 0.0698. The van der Waals surface area contributed by atoms with Crippen LogP contribution in [0.3, 0.4) is 0 Å². The summed E-state index contributed by atoms with van der Waals surface area (Å²) in [5.74, 6) is 0.747. The van der Waals surface area contributed by atoms with Gasteiger partial charge < -0.3 is 15.7 Å². The van der Waals surface area contributed by atoms with Crippen LogP contribution < -0.4 is 10.6 Å². The van der Waals surface area contributed by atoms with Gasteiger partial charge in [0.05, 0.1) is 11.3 Å². The summed E-state index contributed by atoms with van der Waals surface area (Å²) in [4.78, 5) is 24.1. The number of anilines is 3. The number of aryl methyl sites for hydroxylation is 1. The zero-order valence-corrected chi connectivity index (χ0v) is 13.6. The zero-order chi connectivity index (χ0) is 17.6. The van der Waals surface area contributed by atoms with Gasteiger partial charge in [-0.3, -0.25) is 4.98 Å². The van der Waals surface area contributed by atoms with Gasteiger partial charge in [-0.25, -0.2) is 14.8 Å². The van der Waals surface area contributed by atoms with E-state index in [1.807, 2.05) is 12.1 Å². The van der Waals surface area contributed by atoms with Crippen LogP contribution in [0.1, 0.15) is 21.7 Å². The highest BCUT2D eigenvalue weighted by atomic mass is 16.4. The second-order valence-electron chi connectivity index (χ2n) is 5.38. The number of hydrogen-bond acceptors (Lipinski definition) is 6. The predicted octanol–water partition coefficient (Wildman–Crippen LogP) is 3.23. The molecule has 25 heavy (non-hydrogen) atoms. The first-order valence-corrected chi connectivity index (χ1v) is 7.69. The zero-order valence-electron chi connectivity index (χ0n) is 13.6. The molecule has 3 rings (SSSR count). The molecule has 3 N–H and O–H groups in total.